The van der Waals surface area contributed by atoms with Crippen LogP contribution in [0.5, 0.6) is 0 Å². The van der Waals surface area contributed by atoms with E-state index >= 15 is 0 Å². The number of nitriles is 1. The van der Waals surface area contributed by atoms with Gasteiger partial charge in [0.05, 0.1) is 28.8 Å². The number of likely N-dealkylation sites (tertiary alicyclic amines) is 1. The molecule has 2 unspecified atom stereocenters. The molecule has 2 fully saturated rings. The second-order valence-electron chi connectivity index (χ2n) is 8.36. The van der Waals surface area contributed by atoms with Crippen LogP contribution in [0, 0.1) is 17.2 Å². The topological polar surface area (TPSA) is 44.9 Å². The molecule has 1 saturated carbocycles. The lowest BCUT2D eigenvalue weighted by Crippen LogP contribution is -2.41. The van der Waals surface area contributed by atoms with Gasteiger partial charge in [-0.2, -0.15) is 5.26 Å². The van der Waals surface area contributed by atoms with E-state index in [1.54, 1.807) is 0 Å². The molecule has 0 N–H and O–H groups in total. The van der Waals surface area contributed by atoms with Crippen molar-refractivity contribution >= 4 is 11.0 Å². The third-order valence-electron chi connectivity index (χ3n) is 6.82. The van der Waals surface area contributed by atoms with E-state index in [0.29, 0.717) is 11.7 Å². The molecule has 1 saturated heterocycles. The second-order valence-corrected chi connectivity index (χ2v) is 8.36. The summed E-state index contributed by atoms with van der Waals surface area (Å²) in [5.41, 5.74) is 5.39. The van der Waals surface area contributed by atoms with Crippen LogP contribution in [0.4, 0.5) is 0 Å². The van der Waals surface area contributed by atoms with Crippen molar-refractivity contribution in [2.45, 2.75) is 44.3 Å². The zero-order valence-electron chi connectivity index (χ0n) is 15.3. The van der Waals surface area contributed by atoms with Gasteiger partial charge in [-0.25, -0.2) is 4.98 Å². The van der Waals surface area contributed by atoms with Gasteiger partial charge in [-0.15, -0.1) is 0 Å². The van der Waals surface area contributed by atoms with E-state index in [1.165, 1.54) is 49.1 Å². The molecule has 3 aliphatic rings. The van der Waals surface area contributed by atoms with Gasteiger partial charge in [0.15, 0.2) is 0 Å². The highest BCUT2D eigenvalue weighted by Gasteiger charge is 2.44. The first-order chi connectivity index (χ1) is 13.3. The molecule has 4 heteroatoms. The molecule has 0 spiro atoms. The van der Waals surface area contributed by atoms with Gasteiger partial charge in [-0.3, -0.25) is 4.90 Å². The largest absolute Gasteiger partial charge is 0.311 e. The first-order valence-electron chi connectivity index (χ1n) is 10.1. The standard InChI is InChI=1S/C23H22N4/c24-13-15-4-6-17(7-5-15)18-8-9-21-20(12-18)25-22-10-16-11-23(27(21)22)26(14-16)19-2-1-3-19/h4-9,12,16,19,23H,1-3,10-11,14H2. The van der Waals surface area contributed by atoms with Crippen molar-refractivity contribution in [1.29, 1.82) is 5.26 Å². The summed E-state index contributed by atoms with van der Waals surface area (Å²) in [6.45, 7) is 1.25. The van der Waals surface area contributed by atoms with Gasteiger partial charge in [-0.1, -0.05) is 24.6 Å². The minimum atomic E-state index is 0.509. The van der Waals surface area contributed by atoms with E-state index < -0.39 is 0 Å². The fraction of sp³-hybridized carbons (Fsp3) is 0.391. The van der Waals surface area contributed by atoms with E-state index in [1.807, 2.05) is 24.3 Å². The molecule has 2 atom stereocenters. The highest BCUT2D eigenvalue weighted by atomic mass is 15.4. The number of hydrogen-bond donors (Lipinski definition) is 0. The van der Waals surface area contributed by atoms with E-state index in [4.69, 9.17) is 10.2 Å². The summed E-state index contributed by atoms with van der Waals surface area (Å²) in [6, 6.07) is 17.5. The summed E-state index contributed by atoms with van der Waals surface area (Å²) in [6.07, 6.45) is 7.04. The van der Waals surface area contributed by atoms with Crippen molar-refractivity contribution < 1.29 is 0 Å². The SMILES string of the molecule is N#Cc1ccc(-c2ccc3c(c2)nc2n3C3CC(C2)CN3C2CCC2)cc1. The highest BCUT2D eigenvalue weighted by molar-refractivity contribution is 5.83. The molecule has 27 heavy (non-hydrogen) atoms. The van der Waals surface area contributed by atoms with Gasteiger partial charge in [0.2, 0.25) is 0 Å². The number of imidazole rings is 1. The average molecular weight is 354 g/mol. The van der Waals surface area contributed by atoms with E-state index in [0.717, 1.165) is 29.5 Å². The van der Waals surface area contributed by atoms with Crippen molar-refractivity contribution in [2.24, 2.45) is 5.92 Å². The quantitative estimate of drug-likeness (QED) is 0.680. The summed E-state index contributed by atoms with van der Waals surface area (Å²) in [4.78, 5) is 7.80. The summed E-state index contributed by atoms with van der Waals surface area (Å²) >= 11 is 0. The highest BCUT2D eigenvalue weighted by Crippen LogP contribution is 2.45. The van der Waals surface area contributed by atoms with Crippen molar-refractivity contribution in [2.75, 3.05) is 6.54 Å². The maximum Gasteiger partial charge on any atom is 0.111 e. The Morgan fingerprint density at radius 1 is 1.04 bits per heavy atom. The smallest absolute Gasteiger partial charge is 0.111 e. The normalized spacial score (nSPS) is 24.6. The zero-order chi connectivity index (χ0) is 18.0. The average Bonchev–Trinajstić information content (AvgIpc) is 3.18. The Bertz CT molecular complexity index is 1070. The van der Waals surface area contributed by atoms with Crippen LogP contribution in [0.2, 0.25) is 0 Å². The van der Waals surface area contributed by atoms with Crippen molar-refractivity contribution in [1.82, 2.24) is 14.5 Å². The van der Waals surface area contributed by atoms with Gasteiger partial charge in [-0.05, 0) is 60.6 Å². The Labute approximate surface area is 159 Å². The van der Waals surface area contributed by atoms with Crippen molar-refractivity contribution in [3.8, 4) is 17.2 Å². The number of rotatable bonds is 2. The predicted octanol–water partition coefficient (Wildman–Crippen LogP) is 4.50. The van der Waals surface area contributed by atoms with Crippen LogP contribution in [0.15, 0.2) is 42.5 Å². The molecule has 3 aromatic rings. The predicted molar refractivity (Wildman–Crippen MR) is 105 cm³/mol. The van der Waals surface area contributed by atoms with Gasteiger partial charge >= 0.3 is 0 Å². The Morgan fingerprint density at radius 3 is 2.59 bits per heavy atom. The van der Waals surface area contributed by atoms with Crippen LogP contribution in [-0.4, -0.2) is 27.0 Å². The zero-order valence-corrected chi connectivity index (χ0v) is 15.3. The summed E-state index contributed by atoms with van der Waals surface area (Å²) < 4.78 is 2.53. The van der Waals surface area contributed by atoms with Crippen LogP contribution < -0.4 is 0 Å². The van der Waals surface area contributed by atoms with Gasteiger partial charge in [0.1, 0.15) is 5.82 Å². The number of hydrogen-bond acceptors (Lipinski definition) is 3. The number of benzene rings is 2. The maximum absolute atomic E-state index is 9.00. The lowest BCUT2D eigenvalue weighted by atomic mass is 9.91. The number of nitrogens with zero attached hydrogens (tertiary/aromatic N) is 4. The fourth-order valence-electron chi connectivity index (χ4n) is 5.24. The number of aromatic nitrogens is 2. The molecule has 1 aliphatic carbocycles. The Kier molecular flexibility index (Phi) is 3.24. The third kappa shape index (κ3) is 2.28. The molecule has 0 amide bonds. The molecule has 2 bridgehead atoms. The fourth-order valence-corrected chi connectivity index (χ4v) is 5.24. The first kappa shape index (κ1) is 15.4. The molecular weight excluding hydrogens is 332 g/mol. The van der Waals surface area contributed by atoms with Crippen LogP contribution in [-0.2, 0) is 6.42 Å². The summed E-state index contributed by atoms with van der Waals surface area (Å²) in [5, 5.41) is 9.00. The lowest BCUT2D eigenvalue weighted by Gasteiger charge is -2.39. The summed E-state index contributed by atoms with van der Waals surface area (Å²) in [7, 11) is 0. The minimum Gasteiger partial charge on any atom is -0.311 e. The molecule has 2 aromatic carbocycles. The molecule has 3 heterocycles. The second kappa shape index (κ2) is 5.68. The minimum absolute atomic E-state index is 0.509. The number of fused-ring (bicyclic) bond motifs is 6. The Morgan fingerprint density at radius 2 is 1.85 bits per heavy atom. The monoisotopic (exact) mass is 354 g/mol. The summed E-state index contributed by atoms with van der Waals surface area (Å²) in [5.74, 6) is 2.04. The Hall–Kier alpha value is -2.64. The van der Waals surface area contributed by atoms with Crippen molar-refractivity contribution in [3.63, 3.8) is 0 Å². The first-order valence-corrected chi connectivity index (χ1v) is 10.1. The van der Waals surface area contributed by atoms with Crippen LogP contribution in [0.25, 0.3) is 22.2 Å². The van der Waals surface area contributed by atoms with E-state index in [2.05, 4.69) is 33.7 Å². The van der Waals surface area contributed by atoms with Crippen LogP contribution >= 0.6 is 0 Å². The molecule has 1 aromatic heterocycles. The van der Waals surface area contributed by atoms with E-state index in [9.17, 15) is 0 Å². The Balaban J connectivity index is 1.42. The molecular formula is C23H22N4. The molecule has 0 radical (unpaired) electrons. The third-order valence-corrected chi connectivity index (χ3v) is 6.82. The molecule has 134 valence electrons. The maximum atomic E-state index is 9.00. The van der Waals surface area contributed by atoms with Crippen molar-refractivity contribution in [3.05, 3.63) is 53.9 Å². The van der Waals surface area contributed by atoms with Crippen LogP contribution in [0.1, 0.15) is 43.2 Å². The molecule has 4 nitrogen and oxygen atoms in total. The lowest BCUT2D eigenvalue weighted by molar-refractivity contribution is 0.0822. The van der Waals surface area contributed by atoms with Gasteiger partial charge in [0, 0.05) is 19.0 Å². The van der Waals surface area contributed by atoms with Gasteiger partial charge < -0.3 is 4.57 Å². The molecule has 2 aliphatic heterocycles. The molecule has 6 rings (SSSR count). The van der Waals surface area contributed by atoms with Crippen LogP contribution in [0.3, 0.4) is 0 Å². The van der Waals surface area contributed by atoms with E-state index in [-0.39, 0.29) is 0 Å². The van der Waals surface area contributed by atoms with Gasteiger partial charge in [0.25, 0.3) is 0 Å².